The van der Waals surface area contributed by atoms with Gasteiger partial charge in [-0.1, -0.05) is 42.5 Å². The molecule has 3 aromatic rings. The largest absolute Gasteiger partial charge is 0.497 e. The second kappa shape index (κ2) is 8.27. The van der Waals surface area contributed by atoms with Crippen molar-refractivity contribution in [1.29, 1.82) is 0 Å². The van der Waals surface area contributed by atoms with Crippen LogP contribution < -0.4 is 4.74 Å². The van der Waals surface area contributed by atoms with Crippen LogP contribution in [0.1, 0.15) is 36.2 Å². The normalized spacial score (nSPS) is 23.9. The van der Waals surface area contributed by atoms with Gasteiger partial charge >= 0.3 is 6.03 Å². The van der Waals surface area contributed by atoms with Gasteiger partial charge in [0.25, 0.3) is 5.91 Å². The standard InChI is InChI=1S/C28H30N4O3/c1-28-18-22-21-17-20(35-2)11-12-23(21)29-24(22)25(19-9-4-3-5-10-19)32(28)27(34)31(26(28)33)16-8-15-30-13-6-7-14-30/h3-7,9-12,17,25,29H,8,13-16,18H2,1-2H3/t25-,28+/m1/s1. The maximum atomic E-state index is 13.9. The number of aromatic amines is 1. The highest BCUT2D eigenvalue weighted by molar-refractivity contribution is 6.08. The number of carbonyl (C=O) groups excluding carboxylic acids is 2. The molecule has 180 valence electrons. The lowest BCUT2D eigenvalue weighted by Crippen LogP contribution is -2.53. The molecule has 0 aliphatic carbocycles. The number of fused-ring (bicyclic) bond motifs is 4. The summed E-state index contributed by atoms with van der Waals surface area (Å²) in [5.41, 5.74) is 3.08. The predicted octanol–water partition coefficient (Wildman–Crippen LogP) is 4.11. The lowest BCUT2D eigenvalue weighted by molar-refractivity contribution is -0.133. The van der Waals surface area contributed by atoms with E-state index < -0.39 is 5.54 Å². The number of hydrogen-bond donors (Lipinski definition) is 1. The fraction of sp³-hybridized carbons (Fsp3) is 0.357. The summed E-state index contributed by atoms with van der Waals surface area (Å²) in [6, 6.07) is 15.4. The Balaban J connectivity index is 1.41. The third-order valence-electron chi connectivity index (χ3n) is 7.74. The summed E-state index contributed by atoms with van der Waals surface area (Å²) in [5.74, 6) is 0.667. The van der Waals surface area contributed by atoms with Crippen molar-refractivity contribution in [2.45, 2.75) is 31.3 Å². The summed E-state index contributed by atoms with van der Waals surface area (Å²) in [7, 11) is 1.66. The maximum absolute atomic E-state index is 13.9. The lowest BCUT2D eigenvalue weighted by Gasteiger charge is -2.42. The molecule has 2 atom stereocenters. The van der Waals surface area contributed by atoms with Gasteiger partial charge in [-0.05, 0) is 42.7 Å². The number of benzene rings is 2. The number of imide groups is 1. The van der Waals surface area contributed by atoms with E-state index in [0.29, 0.717) is 13.0 Å². The van der Waals surface area contributed by atoms with Gasteiger partial charge in [0.2, 0.25) is 0 Å². The van der Waals surface area contributed by atoms with Crippen molar-refractivity contribution in [1.82, 2.24) is 19.7 Å². The van der Waals surface area contributed by atoms with E-state index in [0.717, 1.165) is 59.5 Å². The van der Waals surface area contributed by atoms with Crippen molar-refractivity contribution in [2.24, 2.45) is 0 Å². The van der Waals surface area contributed by atoms with Crippen molar-refractivity contribution in [3.63, 3.8) is 0 Å². The Morgan fingerprint density at radius 1 is 1.06 bits per heavy atom. The number of urea groups is 1. The first-order chi connectivity index (χ1) is 17.0. The van der Waals surface area contributed by atoms with Gasteiger partial charge in [0.05, 0.1) is 7.11 Å². The van der Waals surface area contributed by atoms with E-state index >= 15 is 0 Å². The zero-order valence-corrected chi connectivity index (χ0v) is 20.2. The monoisotopic (exact) mass is 470 g/mol. The first-order valence-corrected chi connectivity index (χ1v) is 12.3. The molecule has 0 radical (unpaired) electrons. The number of methoxy groups -OCH3 is 1. The Morgan fingerprint density at radius 3 is 2.57 bits per heavy atom. The van der Waals surface area contributed by atoms with Crippen LogP contribution in [0.25, 0.3) is 10.9 Å². The second-order valence-corrected chi connectivity index (χ2v) is 9.89. The van der Waals surface area contributed by atoms with Crippen LogP contribution >= 0.6 is 0 Å². The smallest absolute Gasteiger partial charge is 0.328 e. The number of ether oxygens (including phenoxy) is 1. The van der Waals surface area contributed by atoms with Crippen LogP contribution in [0.4, 0.5) is 4.79 Å². The van der Waals surface area contributed by atoms with Gasteiger partial charge in [0.15, 0.2) is 0 Å². The molecule has 1 N–H and O–H groups in total. The summed E-state index contributed by atoms with van der Waals surface area (Å²) in [6.45, 7) is 5.10. The summed E-state index contributed by atoms with van der Waals surface area (Å²) >= 11 is 0. The summed E-state index contributed by atoms with van der Waals surface area (Å²) < 4.78 is 5.49. The molecule has 0 bridgehead atoms. The van der Waals surface area contributed by atoms with Gasteiger partial charge in [0.1, 0.15) is 17.3 Å². The van der Waals surface area contributed by atoms with Crippen LogP contribution in [0.2, 0.25) is 0 Å². The molecule has 2 aromatic carbocycles. The van der Waals surface area contributed by atoms with Gasteiger partial charge in [0, 0.05) is 49.2 Å². The van der Waals surface area contributed by atoms with Gasteiger partial charge in [-0.25, -0.2) is 4.79 Å². The molecule has 1 fully saturated rings. The SMILES string of the molecule is COc1ccc2[nH]c3c(c2c1)C[C@@]1(C)C(=O)N(CCCN2CC=CC2)C(=O)N1[C@@H]3c1ccccc1. The van der Waals surface area contributed by atoms with E-state index in [-0.39, 0.29) is 18.0 Å². The van der Waals surface area contributed by atoms with Crippen molar-refractivity contribution in [2.75, 3.05) is 33.3 Å². The van der Waals surface area contributed by atoms with E-state index in [2.05, 4.69) is 22.0 Å². The third-order valence-corrected chi connectivity index (χ3v) is 7.74. The molecule has 1 aromatic heterocycles. The van der Waals surface area contributed by atoms with E-state index in [9.17, 15) is 9.59 Å². The van der Waals surface area contributed by atoms with Crippen molar-refractivity contribution in [3.05, 3.63) is 77.5 Å². The zero-order chi connectivity index (χ0) is 24.2. The molecule has 1 saturated heterocycles. The molecule has 0 unspecified atom stereocenters. The highest BCUT2D eigenvalue weighted by atomic mass is 16.5. The fourth-order valence-electron chi connectivity index (χ4n) is 5.95. The number of amides is 3. The van der Waals surface area contributed by atoms with E-state index in [1.54, 1.807) is 7.11 Å². The number of nitrogens with zero attached hydrogens (tertiary/aromatic N) is 3. The van der Waals surface area contributed by atoms with Gasteiger partial charge in [-0.2, -0.15) is 0 Å². The number of aromatic nitrogens is 1. The van der Waals surface area contributed by atoms with Gasteiger partial charge in [-0.15, -0.1) is 0 Å². The van der Waals surface area contributed by atoms with Crippen molar-refractivity contribution in [3.8, 4) is 5.75 Å². The van der Waals surface area contributed by atoms with E-state index in [1.807, 2.05) is 60.4 Å². The van der Waals surface area contributed by atoms with Crippen LogP contribution in [0.3, 0.4) is 0 Å². The lowest BCUT2D eigenvalue weighted by atomic mass is 9.81. The van der Waals surface area contributed by atoms with Crippen LogP contribution in [-0.4, -0.2) is 70.4 Å². The van der Waals surface area contributed by atoms with Gasteiger partial charge < -0.3 is 9.72 Å². The highest BCUT2D eigenvalue weighted by Crippen LogP contribution is 2.49. The topological polar surface area (TPSA) is 68.9 Å². The molecule has 3 amide bonds. The molecule has 6 rings (SSSR count). The quantitative estimate of drug-likeness (QED) is 0.435. The Hall–Kier alpha value is -3.58. The van der Waals surface area contributed by atoms with Crippen molar-refractivity contribution < 1.29 is 14.3 Å². The van der Waals surface area contributed by atoms with Crippen molar-refractivity contribution >= 4 is 22.8 Å². The molecule has 3 aliphatic rings. The third kappa shape index (κ3) is 3.37. The molecule has 35 heavy (non-hydrogen) atoms. The summed E-state index contributed by atoms with van der Waals surface area (Å²) in [5, 5.41) is 1.04. The van der Waals surface area contributed by atoms with Crippen LogP contribution in [0.15, 0.2) is 60.7 Å². The average molecular weight is 471 g/mol. The van der Waals surface area contributed by atoms with Gasteiger partial charge in [-0.3, -0.25) is 19.5 Å². The minimum Gasteiger partial charge on any atom is -0.497 e. The number of H-pyrrole nitrogens is 1. The number of rotatable bonds is 6. The predicted molar refractivity (Wildman–Crippen MR) is 134 cm³/mol. The first kappa shape index (κ1) is 21.9. The molecule has 3 aliphatic heterocycles. The second-order valence-electron chi connectivity index (χ2n) is 9.89. The van der Waals surface area contributed by atoms with Crippen LogP contribution in [0.5, 0.6) is 5.75 Å². The molecule has 4 heterocycles. The first-order valence-electron chi connectivity index (χ1n) is 12.3. The maximum Gasteiger partial charge on any atom is 0.328 e. The Bertz CT molecular complexity index is 1320. The summed E-state index contributed by atoms with van der Waals surface area (Å²) in [6.07, 6.45) is 5.55. The molecular formula is C28H30N4O3. The molecule has 7 nitrogen and oxygen atoms in total. The number of nitrogens with one attached hydrogen (secondary N) is 1. The zero-order valence-electron chi connectivity index (χ0n) is 20.2. The Kier molecular flexibility index (Phi) is 5.18. The van der Waals surface area contributed by atoms with E-state index in [4.69, 9.17) is 4.74 Å². The molecule has 7 heteroatoms. The molecule has 0 saturated carbocycles. The van der Waals surface area contributed by atoms with Crippen LogP contribution in [-0.2, 0) is 11.2 Å². The minimum atomic E-state index is -0.946. The Morgan fingerprint density at radius 2 is 1.83 bits per heavy atom. The average Bonchev–Trinajstić information content (AvgIpc) is 3.56. The van der Waals surface area contributed by atoms with Crippen LogP contribution in [0, 0.1) is 0 Å². The highest BCUT2D eigenvalue weighted by Gasteiger charge is 2.59. The number of hydrogen-bond acceptors (Lipinski definition) is 4. The number of carbonyl (C=O) groups is 2. The molecule has 0 spiro atoms. The Labute approximate surface area is 204 Å². The fourth-order valence-corrected chi connectivity index (χ4v) is 5.95. The van der Waals surface area contributed by atoms with E-state index in [1.165, 1.54) is 4.90 Å². The summed E-state index contributed by atoms with van der Waals surface area (Å²) in [4.78, 5) is 36.9. The molecular weight excluding hydrogens is 440 g/mol. The minimum absolute atomic E-state index is 0.106.